The summed E-state index contributed by atoms with van der Waals surface area (Å²) in [5, 5.41) is 0. The van der Waals surface area contributed by atoms with Crippen LogP contribution in [0.3, 0.4) is 0 Å². The Morgan fingerprint density at radius 2 is 1.50 bits per heavy atom. The SMILES string of the molecule is CCCC1CCC(C(=O)C2CCCC2)CC1. The van der Waals surface area contributed by atoms with Gasteiger partial charge in [0.15, 0.2) is 0 Å². The van der Waals surface area contributed by atoms with Gasteiger partial charge >= 0.3 is 0 Å². The van der Waals surface area contributed by atoms with Crippen LogP contribution < -0.4 is 0 Å². The van der Waals surface area contributed by atoms with Crippen molar-refractivity contribution in [1.29, 1.82) is 0 Å². The van der Waals surface area contributed by atoms with E-state index in [1.165, 1.54) is 64.2 Å². The molecule has 92 valence electrons. The first-order valence-corrected chi connectivity index (χ1v) is 7.35. The molecule has 0 radical (unpaired) electrons. The van der Waals surface area contributed by atoms with E-state index >= 15 is 0 Å². The average Bonchev–Trinajstić information content (AvgIpc) is 2.83. The van der Waals surface area contributed by atoms with Crippen LogP contribution in [0.15, 0.2) is 0 Å². The molecule has 2 fully saturated rings. The molecule has 1 heteroatoms. The summed E-state index contributed by atoms with van der Waals surface area (Å²) in [6, 6.07) is 0. The first-order chi connectivity index (χ1) is 7.81. The Kier molecular flexibility index (Phi) is 4.43. The number of carbonyl (C=O) groups excluding carboxylic acids is 1. The Morgan fingerprint density at radius 1 is 0.938 bits per heavy atom. The molecule has 0 unspecified atom stereocenters. The topological polar surface area (TPSA) is 17.1 Å². The summed E-state index contributed by atoms with van der Waals surface area (Å²) < 4.78 is 0. The lowest BCUT2D eigenvalue weighted by molar-refractivity contribution is -0.127. The van der Waals surface area contributed by atoms with Crippen molar-refractivity contribution < 1.29 is 4.79 Å². The normalized spacial score (nSPS) is 31.8. The second kappa shape index (κ2) is 5.84. The van der Waals surface area contributed by atoms with Gasteiger partial charge in [-0.05, 0) is 44.4 Å². The molecular weight excluding hydrogens is 196 g/mol. The minimum Gasteiger partial charge on any atom is -0.299 e. The average molecular weight is 222 g/mol. The summed E-state index contributed by atoms with van der Waals surface area (Å²) in [6.45, 7) is 2.27. The Bertz CT molecular complexity index is 220. The highest BCUT2D eigenvalue weighted by Gasteiger charge is 2.31. The van der Waals surface area contributed by atoms with Gasteiger partial charge in [0.1, 0.15) is 5.78 Å². The van der Waals surface area contributed by atoms with E-state index in [0.717, 1.165) is 5.92 Å². The van der Waals surface area contributed by atoms with Gasteiger partial charge in [0.2, 0.25) is 0 Å². The van der Waals surface area contributed by atoms with Crippen LogP contribution >= 0.6 is 0 Å². The van der Waals surface area contributed by atoms with Crippen LogP contribution in [-0.2, 0) is 4.79 Å². The van der Waals surface area contributed by atoms with E-state index in [1.54, 1.807) is 0 Å². The van der Waals surface area contributed by atoms with Crippen LogP contribution in [0.5, 0.6) is 0 Å². The molecule has 0 saturated heterocycles. The summed E-state index contributed by atoms with van der Waals surface area (Å²) in [7, 11) is 0. The molecule has 0 spiro atoms. The standard InChI is InChI=1S/C15H26O/c1-2-5-12-8-10-14(11-9-12)15(16)13-6-3-4-7-13/h12-14H,2-11H2,1H3. The predicted molar refractivity (Wildman–Crippen MR) is 67.3 cm³/mol. The van der Waals surface area contributed by atoms with Crippen LogP contribution in [0.4, 0.5) is 0 Å². The molecule has 16 heavy (non-hydrogen) atoms. The lowest BCUT2D eigenvalue weighted by Crippen LogP contribution is -2.26. The van der Waals surface area contributed by atoms with Gasteiger partial charge in [0.25, 0.3) is 0 Å². The Morgan fingerprint density at radius 3 is 2.06 bits per heavy atom. The van der Waals surface area contributed by atoms with Crippen LogP contribution in [0.25, 0.3) is 0 Å². The summed E-state index contributed by atoms with van der Waals surface area (Å²) in [4.78, 5) is 12.3. The maximum Gasteiger partial charge on any atom is 0.139 e. The minimum absolute atomic E-state index is 0.441. The molecule has 0 aromatic heterocycles. The number of ketones is 1. The number of Topliss-reactive ketones (excluding diaryl/α,β-unsaturated/α-hetero) is 1. The van der Waals surface area contributed by atoms with E-state index in [-0.39, 0.29) is 0 Å². The zero-order chi connectivity index (χ0) is 11.4. The fourth-order valence-corrected chi connectivity index (χ4v) is 3.69. The molecule has 1 nitrogen and oxygen atoms in total. The van der Waals surface area contributed by atoms with Crippen LogP contribution in [0, 0.1) is 17.8 Å². The van der Waals surface area contributed by atoms with Crippen LogP contribution in [0.2, 0.25) is 0 Å². The van der Waals surface area contributed by atoms with E-state index in [4.69, 9.17) is 0 Å². The van der Waals surface area contributed by atoms with E-state index < -0.39 is 0 Å². The third kappa shape index (κ3) is 2.87. The summed E-state index contributed by atoms with van der Waals surface area (Å²) in [5.41, 5.74) is 0. The highest BCUT2D eigenvalue weighted by Crippen LogP contribution is 2.36. The van der Waals surface area contributed by atoms with Crippen molar-refractivity contribution in [3.8, 4) is 0 Å². The largest absolute Gasteiger partial charge is 0.299 e. The van der Waals surface area contributed by atoms with Gasteiger partial charge in [-0.3, -0.25) is 4.79 Å². The molecule has 2 aliphatic rings. The molecule has 2 saturated carbocycles. The van der Waals surface area contributed by atoms with Gasteiger partial charge in [0.05, 0.1) is 0 Å². The van der Waals surface area contributed by atoms with E-state index in [2.05, 4.69) is 6.92 Å². The number of carbonyl (C=O) groups is 1. The van der Waals surface area contributed by atoms with Crippen molar-refractivity contribution in [2.75, 3.05) is 0 Å². The van der Waals surface area contributed by atoms with Gasteiger partial charge < -0.3 is 0 Å². The quantitative estimate of drug-likeness (QED) is 0.691. The molecule has 0 aliphatic heterocycles. The highest BCUT2D eigenvalue weighted by atomic mass is 16.1. The fraction of sp³-hybridized carbons (Fsp3) is 0.933. The molecule has 0 aromatic rings. The summed E-state index contributed by atoms with van der Waals surface area (Å²) >= 11 is 0. The maximum atomic E-state index is 12.3. The lowest BCUT2D eigenvalue weighted by Gasteiger charge is -2.28. The number of hydrogen-bond acceptors (Lipinski definition) is 1. The lowest BCUT2D eigenvalue weighted by atomic mass is 9.76. The molecule has 2 aliphatic carbocycles. The molecule has 0 bridgehead atoms. The van der Waals surface area contributed by atoms with Crippen molar-refractivity contribution in [1.82, 2.24) is 0 Å². The monoisotopic (exact) mass is 222 g/mol. The van der Waals surface area contributed by atoms with Gasteiger partial charge in [-0.2, -0.15) is 0 Å². The number of hydrogen-bond donors (Lipinski definition) is 0. The van der Waals surface area contributed by atoms with Crippen LogP contribution in [0.1, 0.15) is 71.1 Å². The van der Waals surface area contributed by atoms with E-state index in [0.29, 0.717) is 17.6 Å². The van der Waals surface area contributed by atoms with Crippen molar-refractivity contribution in [2.24, 2.45) is 17.8 Å². The highest BCUT2D eigenvalue weighted by molar-refractivity contribution is 5.83. The second-order valence-corrected chi connectivity index (χ2v) is 5.89. The smallest absolute Gasteiger partial charge is 0.139 e. The van der Waals surface area contributed by atoms with Gasteiger partial charge in [0, 0.05) is 11.8 Å². The third-order valence-corrected chi connectivity index (χ3v) is 4.70. The van der Waals surface area contributed by atoms with Crippen molar-refractivity contribution in [3.05, 3.63) is 0 Å². The zero-order valence-corrected chi connectivity index (χ0v) is 10.7. The minimum atomic E-state index is 0.441. The molecule has 0 N–H and O–H groups in total. The van der Waals surface area contributed by atoms with Crippen LogP contribution in [-0.4, -0.2) is 5.78 Å². The summed E-state index contributed by atoms with van der Waals surface area (Å²) in [5.74, 6) is 2.45. The maximum absolute atomic E-state index is 12.3. The van der Waals surface area contributed by atoms with E-state index in [9.17, 15) is 4.79 Å². The van der Waals surface area contributed by atoms with Crippen molar-refractivity contribution in [2.45, 2.75) is 71.1 Å². The first kappa shape index (κ1) is 12.1. The Labute approximate surface area is 100.0 Å². The summed E-state index contributed by atoms with van der Waals surface area (Å²) in [6.07, 6.45) is 12.7. The van der Waals surface area contributed by atoms with E-state index in [1.807, 2.05) is 0 Å². The second-order valence-electron chi connectivity index (χ2n) is 5.89. The van der Waals surface area contributed by atoms with Gasteiger partial charge in [-0.1, -0.05) is 32.6 Å². The molecule has 0 heterocycles. The molecule has 0 aromatic carbocycles. The third-order valence-electron chi connectivity index (χ3n) is 4.70. The Hall–Kier alpha value is -0.330. The van der Waals surface area contributed by atoms with Gasteiger partial charge in [-0.15, -0.1) is 0 Å². The molecule has 0 amide bonds. The van der Waals surface area contributed by atoms with Crippen molar-refractivity contribution in [3.63, 3.8) is 0 Å². The van der Waals surface area contributed by atoms with Gasteiger partial charge in [-0.25, -0.2) is 0 Å². The predicted octanol–water partition coefficient (Wildman–Crippen LogP) is 4.35. The molecule has 2 rings (SSSR count). The van der Waals surface area contributed by atoms with Crippen molar-refractivity contribution >= 4 is 5.78 Å². The first-order valence-electron chi connectivity index (χ1n) is 7.35. The number of rotatable bonds is 4. The zero-order valence-electron chi connectivity index (χ0n) is 10.7. The molecule has 0 atom stereocenters. The fourth-order valence-electron chi connectivity index (χ4n) is 3.69. The molecular formula is C15H26O. The Balaban J connectivity index is 1.77.